The smallest absolute Gasteiger partial charge is 0.191 e. The molecule has 0 amide bonds. The minimum atomic E-state index is 0. The number of guanidine groups is 1. The van der Waals surface area contributed by atoms with Gasteiger partial charge in [0.25, 0.3) is 0 Å². The largest absolute Gasteiger partial charge is 0.396 e. The molecule has 0 aromatic heterocycles. The maximum Gasteiger partial charge on any atom is 0.191 e. The minimum absolute atomic E-state index is 0. The molecule has 22 heavy (non-hydrogen) atoms. The zero-order chi connectivity index (χ0) is 15.7. The Morgan fingerprint density at radius 2 is 1.91 bits per heavy atom. The summed E-state index contributed by atoms with van der Waals surface area (Å²) < 4.78 is 0. The Morgan fingerprint density at radius 1 is 1.27 bits per heavy atom. The molecule has 1 fully saturated rings. The first-order valence-electron chi connectivity index (χ1n) is 8.43. The fourth-order valence-electron chi connectivity index (χ4n) is 2.59. The molecule has 1 rings (SSSR count). The fourth-order valence-corrected chi connectivity index (χ4v) is 2.59. The minimum Gasteiger partial charge on any atom is -0.396 e. The van der Waals surface area contributed by atoms with Crippen LogP contribution in [0.2, 0.25) is 0 Å². The molecule has 1 aliphatic rings. The van der Waals surface area contributed by atoms with Crippen molar-refractivity contribution in [3.8, 4) is 0 Å². The molecule has 6 heteroatoms. The van der Waals surface area contributed by atoms with Gasteiger partial charge in [0.1, 0.15) is 0 Å². The van der Waals surface area contributed by atoms with Gasteiger partial charge >= 0.3 is 0 Å². The van der Waals surface area contributed by atoms with Crippen molar-refractivity contribution in [1.82, 2.24) is 15.5 Å². The van der Waals surface area contributed by atoms with Crippen molar-refractivity contribution < 1.29 is 5.11 Å². The average molecular weight is 426 g/mol. The van der Waals surface area contributed by atoms with Crippen molar-refractivity contribution in [1.29, 1.82) is 0 Å². The average Bonchev–Trinajstić information content (AvgIpc) is 2.46. The molecule has 0 saturated carbocycles. The van der Waals surface area contributed by atoms with Crippen LogP contribution in [0.1, 0.15) is 40.5 Å². The molecule has 1 atom stereocenters. The molecule has 3 N–H and O–H groups in total. The highest BCUT2D eigenvalue weighted by Gasteiger charge is 2.20. The van der Waals surface area contributed by atoms with Gasteiger partial charge in [0.15, 0.2) is 5.96 Å². The highest BCUT2D eigenvalue weighted by molar-refractivity contribution is 14.0. The molecule has 5 nitrogen and oxygen atoms in total. The summed E-state index contributed by atoms with van der Waals surface area (Å²) in [5, 5.41) is 15.9. The molecule has 1 unspecified atom stereocenters. The second-order valence-corrected chi connectivity index (χ2v) is 6.62. The van der Waals surface area contributed by atoms with Crippen LogP contribution in [0, 0.1) is 11.8 Å². The summed E-state index contributed by atoms with van der Waals surface area (Å²) in [4.78, 5) is 7.12. The number of aliphatic hydroxyl groups excluding tert-OH is 1. The third-order valence-corrected chi connectivity index (χ3v) is 3.77. The molecule has 0 radical (unpaired) electrons. The van der Waals surface area contributed by atoms with Crippen molar-refractivity contribution >= 4 is 29.9 Å². The summed E-state index contributed by atoms with van der Waals surface area (Å²) >= 11 is 0. The zero-order valence-corrected chi connectivity index (χ0v) is 17.0. The lowest BCUT2D eigenvalue weighted by Gasteiger charge is -2.34. The van der Waals surface area contributed by atoms with Crippen LogP contribution in [-0.2, 0) is 0 Å². The van der Waals surface area contributed by atoms with E-state index in [1.54, 1.807) is 0 Å². The van der Waals surface area contributed by atoms with Gasteiger partial charge in [-0.2, -0.15) is 0 Å². The van der Waals surface area contributed by atoms with E-state index >= 15 is 0 Å². The number of aliphatic hydroxyl groups is 1. The third-order valence-electron chi connectivity index (χ3n) is 3.77. The Balaban J connectivity index is 0.00000441. The third kappa shape index (κ3) is 9.15. The van der Waals surface area contributed by atoms with Gasteiger partial charge in [-0.05, 0) is 31.6 Å². The first-order valence-corrected chi connectivity index (χ1v) is 8.43. The number of nitrogens with one attached hydrogen (secondary N) is 2. The number of piperidine rings is 1. The van der Waals surface area contributed by atoms with Gasteiger partial charge in [-0.1, -0.05) is 20.8 Å². The fraction of sp³-hybridized carbons (Fsp3) is 0.938. The molecule has 1 heterocycles. The number of hydrogen-bond donors (Lipinski definition) is 3. The van der Waals surface area contributed by atoms with Gasteiger partial charge in [-0.25, -0.2) is 0 Å². The number of aliphatic imine (C=N–C) groups is 1. The summed E-state index contributed by atoms with van der Waals surface area (Å²) in [6.07, 6.45) is 2.35. The second-order valence-electron chi connectivity index (χ2n) is 6.62. The Morgan fingerprint density at radius 3 is 2.41 bits per heavy atom. The summed E-state index contributed by atoms with van der Waals surface area (Å²) in [5.74, 6) is 1.85. The van der Waals surface area contributed by atoms with Crippen molar-refractivity contribution in [2.75, 3.05) is 39.3 Å². The summed E-state index contributed by atoms with van der Waals surface area (Å²) in [5.41, 5.74) is 0. The number of hydrogen-bond acceptors (Lipinski definition) is 3. The molecule has 1 aliphatic heterocycles. The van der Waals surface area contributed by atoms with Gasteiger partial charge < -0.3 is 20.6 Å². The van der Waals surface area contributed by atoms with Gasteiger partial charge in [0.05, 0.1) is 0 Å². The van der Waals surface area contributed by atoms with Gasteiger partial charge in [-0.15, -0.1) is 24.0 Å². The Kier molecular flexibility index (Phi) is 12.3. The van der Waals surface area contributed by atoms with E-state index in [1.165, 1.54) is 32.5 Å². The lowest BCUT2D eigenvalue weighted by atomic mass is 10.0. The van der Waals surface area contributed by atoms with Crippen LogP contribution < -0.4 is 10.6 Å². The van der Waals surface area contributed by atoms with E-state index in [0.717, 1.165) is 18.4 Å². The number of halogens is 1. The molecule has 0 aromatic carbocycles. The lowest BCUT2D eigenvalue weighted by molar-refractivity contribution is 0.186. The number of likely N-dealkylation sites (tertiary alicyclic amines) is 1. The van der Waals surface area contributed by atoms with Crippen molar-refractivity contribution in [2.24, 2.45) is 16.8 Å². The second kappa shape index (κ2) is 12.4. The van der Waals surface area contributed by atoms with Crippen LogP contribution in [0.5, 0.6) is 0 Å². The van der Waals surface area contributed by atoms with Crippen LogP contribution in [0.4, 0.5) is 0 Å². The van der Waals surface area contributed by atoms with E-state index in [1.807, 2.05) is 6.92 Å². The predicted molar refractivity (Wildman–Crippen MR) is 105 cm³/mol. The van der Waals surface area contributed by atoms with E-state index in [2.05, 4.69) is 41.3 Å². The molecule has 0 bridgehead atoms. The van der Waals surface area contributed by atoms with E-state index in [4.69, 9.17) is 5.11 Å². The van der Waals surface area contributed by atoms with Crippen LogP contribution >= 0.6 is 24.0 Å². The monoisotopic (exact) mass is 426 g/mol. The molecule has 0 aliphatic carbocycles. The SMILES string of the molecule is CCNC(=NCC(C)CO)NC1CCN(CC(C)C)CC1.I. The Hall–Kier alpha value is -0.0800. The standard InChI is InChI=1S/C16H34N4O.HI/c1-5-17-16(18-10-14(4)12-21)19-15-6-8-20(9-7-15)11-13(2)3;/h13-15,21H,5-12H2,1-4H3,(H2,17,18,19);1H. The molecule has 132 valence electrons. The van der Waals surface area contributed by atoms with E-state index in [9.17, 15) is 0 Å². The Labute approximate surface area is 153 Å². The summed E-state index contributed by atoms with van der Waals surface area (Å²) in [7, 11) is 0. The zero-order valence-electron chi connectivity index (χ0n) is 14.6. The van der Waals surface area contributed by atoms with Gasteiger partial charge in [0.2, 0.25) is 0 Å². The normalized spacial score (nSPS) is 18.9. The number of rotatable bonds is 7. The van der Waals surface area contributed by atoms with Crippen molar-refractivity contribution in [2.45, 2.75) is 46.6 Å². The molecule has 1 saturated heterocycles. The van der Waals surface area contributed by atoms with E-state index < -0.39 is 0 Å². The first-order chi connectivity index (χ1) is 10.0. The molecular weight excluding hydrogens is 391 g/mol. The summed E-state index contributed by atoms with van der Waals surface area (Å²) in [6.45, 7) is 13.9. The lowest BCUT2D eigenvalue weighted by Crippen LogP contribution is -2.49. The molecule has 0 spiro atoms. The summed E-state index contributed by atoms with van der Waals surface area (Å²) in [6, 6.07) is 0.510. The predicted octanol–water partition coefficient (Wildman–Crippen LogP) is 1.91. The topological polar surface area (TPSA) is 59.9 Å². The quantitative estimate of drug-likeness (QED) is 0.331. The van der Waals surface area contributed by atoms with Crippen LogP contribution in [0.25, 0.3) is 0 Å². The first kappa shape index (κ1) is 21.9. The number of nitrogens with zero attached hydrogens (tertiary/aromatic N) is 2. The van der Waals surface area contributed by atoms with E-state index in [0.29, 0.717) is 12.6 Å². The van der Waals surface area contributed by atoms with Crippen molar-refractivity contribution in [3.05, 3.63) is 0 Å². The van der Waals surface area contributed by atoms with Crippen LogP contribution in [0.3, 0.4) is 0 Å². The maximum absolute atomic E-state index is 9.08. The van der Waals surface area contributed by atoms with Gasteiger partial charge in [-0.3, -0.25) is 4.99 Å². The van der Waals surface area contributed by atoms with Crippen LogP contribution in [-0.4, -0.2) is 61.3 Å². The molecule has 0 aromatic rings. The van der Waals surface area contributed by atoms with Crippen molar-refractivity contribution in [3.63, 3.8) is 0 Å². The maximum atomic E-state index is 9.08. The highest BCUT2D eigenvalue weighted by atomic mass is 127. The highest BCUT2D eigenvalue weighted by Crippen LogP contribution is 2.12. The molecular formula is C16H35IN4O. The van der Waals surface area contributed by atoms with E-state index in [-0.39, 0.29) is 36.5 Å². The van der Waals surface area contributed by atoms with Gasteiger partial charge in [0, 0.05) is 45.4 Å². The van der Waals surface area contributed by atoms with Crippen LogP contribution in [0.15, 0.2) is 4.99 Å². The Bertz CT molecular complexity index is 305.